The monoisotopic (exact) mass is 472 g/mol. The van der Waals surface area contributed by atoms with Crippen LogP contribution in [0.1, 0.15) is 34.6 Å². The van der Waals surface area contributed by atoms with Crippen LogP contribution in [0, 0.1) is 12.7 Å². The van der Waals surface area contributed by atoms with Gasteiger partial charge in [0.1, 0.15) is 5.82 Å². The van der Waals surface area contributed by atoms with Crippen LogP contribution in [0.25, 0.3) is 5.69 Å². The first-order valence-electron chi connectivity index (χ1n) is 10.6. The van der Waals surface area contributed by atoms with Gasteiger partial charge in [0, 0.05) is 24.3 Å². The molecule has 33 heavy (non-hydrogen) atoms. The van der Waals surface area contributed by atoms with E-state index in [0.29, 0.717) is 18.9 Å². The second kappa shape index (κ2) is 9.42. The van der Waals surface area contributed by atoms with E-state index >= 15 is 0 Å². The first-order valence-corrected chi connectivity index (χ1v) is 12.0. The van der Waals surface area contributed by atoms with E-state index in [-0.39, 0.29) is 29.4 Å². The number of aromatic nitrogens is 2. The van der Waals surface area contributed by atoms with Crippen LogP contribution in [-0.4, -0.2) is 54.7 Å². The maximum Gasteiger partial charge on any atom is 0.253 e. The molecule has 1 saturated heterocycles. The van der Waals surface area contributed by atoms with E-state index in [4.69, 9.17) is 4.74 Å². The van der Waals surface area contributed by atoms with Gasteiger partial charge in [-0.3, -0.25) is 4.79 Å². The van der Waals surface area contributed by atoms with Gasteiger partial charge in [0.15, 0.2) is 0 Å². The van der Waals surface area contributed by atoms with E-state index < -0.39 is 22.0 Å². The SMILES string of the molecule is Cc1c(C(C)NC(=O)c2ccccc2S(=O)(=O)N2CCOCC2)cnn1-c1ccc(F)cc1. The van der Waals surface area contributed by atoms with Crippen molar-refractivity contribution in [1.29, 1.82) is 0 Å². The van der Waals surface area contributed by atoms with E-state index in [1.54, 1.807) is 42.1 Å². The molecule has 10 heteroatoms. The van der Waals surface area contributed by atoms with Crippen molar-refractivity contribution in [3.05, 3.63) is 77.4 Å². The summed E-state index contributed by atoms with van der Waals surface area (Å²) in [6.45, 7) is 4.79. The molecule has 1 N–H and O–H groups in total. The molecular weight excluding hydrogens is 447 g/mol. The molecule has 1 aliphatic rings. The van der Waals surface area contributed by atoms with Crippen molar-refractivity contribution in [2.24, 2.45) is 0 Å². The summed E-state index contributed by atoms with van der Waals surface area (Å²) < 4.78 is 47.8. The summed E-state index contributed by atoms with van der Waals surface area (Å²) in [5, 5.41) is 7.25. The number of carbonyl (C=O) groups is 1. The fourth-order valence-electron chi connectivity index (χ4n) is 3.85. The van der Waals surface area contributed by atoms with Crippen molar-refractivity contribution in [2.75, 3.05) is 26.3 Å². The summed E-state index contributed by atoms with van der Waals surface area (Å²) in [6, 6.07) is 11.7. The number of hydrogen-bond acceptors (Lipinski definition) is 5. The normalized spacial score (nSPS) is 15.8. The van der Waals surface area contributed by atoms with Crippen molar-refractivity contribution < 1.29 is 22.3 Å². The van der Waals surface area contributed by atoms with Crippen LogP contribution < -0.4 is 5.32 Å². The maximum atomic E-state index is 13.2. The van der Waals surface area contributed by atoms with Crippen LogP contribution >= 0.6 is 0 Å². The molecule has 1 amide bonds. The van der Waals surface area contributed by atoms with E-state index in [2.05, 4.69) is 10.4 Å². The van der Waals surface area contributed by atoms with Crippen LogP contribution in [0.5, 0.6) is 0 Å². The number of benzene rings is 2. The zero-order valence-corrected chi connectivity index (χ0v) is 19.2. The molecule has 3 aromatic rings. The van der Waals surface area contributed by atoms with Gasteiger partial charge >= 0.3 is 0 Å². The Morgan fingerprint density at radius 1 is 1.12 bits per heavy atom. The van der Waals surface area contributed by atoms with Crippen LogP contribution in [0.15, 0.2) is 59.6 Å². The highest BCUT2D eigenvalue weighted by Gasteiger charge is 2.30. The molecule has 4 rings (SSSR count). The van der Waals surface area contributed by atoms with Crippen LogP contribution in [-0.2, 0) is 14.8 Å². The van der Waals surface area contributed by atoms with Crippen molar-refractivity contribution in [1.82, 2.24) is 19.4 Å². The maximum absolute atomic E-state index is 13.2. The smallest absolute Gasteiger partial charge is 0.253 e. The average molecular weight is 473 g/mol. The lowest BCUT2D eigenvalue weighted by atomic mass is 10.1. The minimum absolute atomic E-state index is 0.0321. The summed E-state index contributed by atoms with van der Waals surface area (Å²) in [7, 11) is -3.84. The lowest BCUT2D eigenvalue weighted by Crippen LogP contribution is -2.41. The number of amides is 1. The highest BCUT2D eigenvalue weighted by molar-refractivity contribution is 7.89. The largest absolute Gasteiger partial charge is 0.379 e. The number of sulfonamides is 1. The quantitative estimate of drug-likeness (QED) is 0.596. The van der Waals surface area contributed by atoms with Gasteiger partial charge in [0.05, 0.1) is 41.6 Å². The number of halogens is 1. The van der Waals surface area contributed by atoms with Gasteiger partial charge in [0.2, 0.25) is 10.0 Å². The molecule has 0 aliphatic carbocycles. The van der Waals surface area contributed by atoms with Crippen molar-refractivity contribution in [2.45, 2.75) is 24.8 Å². The molecule has 2 aromatic carbocycles. The molecule has 2 heterocycles. The van der Waals surface area contributed by atoms with Gasteiger partial charge in [0.25, 0.3) is 5.91 Å². The van der Waals surface area contributed by atoms with Crippen molar-refractivity contribution >= 4 is 15.9 Å². The van der Waals surface area contributed by atoms with Crippen molar-refractivity contribution in [3.8, 4) is 5.69 Å². The fraction of sp³-hybridized carbons (Fsp3) is 0.304. The van der Waals surface area contributed by atoms with E-state index in [1.165, 1.54) is 28.6 Å². The predicted octanol–water partition coefficient (Wildman–Crippen LogP) is 2.83. The minimum Gasteiger partial charge on any atom is -0.379 e. The highest BCUT2D eigenvalue weighted by atomic mass is 32.2. The first-order chi connectivity index (χ1) is 15.8. The molecule has 1 unspecified atom stereocenters. The average Bonchev–Trinajstić information content (AvgIpc) is 3.21. The molecule has 0 saturated carbocycles. The Hall–Kier alpha value is -3.08. The summed E-state index contributed by atoms with van der Waals surface area (Å²) in [5.41, 5.74) is 2.32. The second-order valence-electron chi connectivity index (χ2n) is 7.78. The lowest BCUT2D eigenvalue weighted by Gasteiger charge is -2.27. The molecule has 0 radical (unpaired) electrons. The minimum atomic E-state index is -3.84. The Bertz CT molecular complexity index is 1250. The lowest BCUT2D eigenvalue weighted by molar-refractivity contribution is 0.0729. The van der Waals surface area contributed by atoms with E-state index in [0.717, 1.165) is 11.3 Å². The standard InChI is InChI=1S/C23H25FN4O4S/c1-16(21-15-25-28(17(21)2)19-9-7-18(24)8-10-19)26-23(29)20-5-3-4-6-22(20)33(30,31)27-11-13-32-14-12-27/h3-10,15-16H,11-14H2,1-2H3,(H,26,29). The Labute approximate surface area is 192 Å². The number of ether oxygens (including phenoxy) is 1. The second-order valence-corrected chi connectivity index (χ2v) is 9.69. The molecule has 0 bridgehead atoms. The number of rotatable bonds is 6. The first kappa shape index (κ1) is 23.1. The third-order valence-electron chi connectivity index (χ3n) is 5.65. The van der Waals surface area contributed by atoms with Crippen LogP contribution in [0.3, 0.4) is 0 Å². The fourth-order valence-corrected chi connectivity index (χ4v) is 5.44. The third-order valence-corrected chi connectivity index (χ3v) is 7.61. The van der Waals surface area contributed by atoms with Crippen molar-refractivity contribution in [3.63, 3.8) is 0 Å². The molecule has 8 nitrogen and oxygen atoms in total. The number of hydrogen-bond donors (Lipinski definition) is 1. The van der Waals surface area contributed by atoms with Gasteiger partial charge < -0.3 is 10.1 Å². The van der Waals surface area contributed by atoms with Gasteiger partial charge in [-0.1, -0.05) is 12.1 Å². The van der Waals surface area contributed by atoms with Gasteiger partial charge in [-0.25, -0.2) is 17.5 Å². The number of nitrogens with zero attached hydrogens (tertiary/aromatic N) is 3. The van der Waals surface area contributed by atoms with E-state index in [9.17, 15) is 17.6 Å². The summed E-state index contributed by atoms with van der Waals surface area (Å²) in [4.78, 5) is 13.1. The summed E-state index contributed by atoms with van der Waals surface area (Å²) in [6.07, 6.45) is 1.64. The number of carbonyl (C=O) groups excluding carboxylic acids is 1. The Kier molecular flexibility index (Phi) is 6.59. The van der Waals surface area contributed by atoms with Crippen LogP contribution in [0.2, 0.25) is 0 Å². The zero-order chi connectivity index (χ0) is 23.6. The Balaban J connectivity index is 1.57. The molecule has 1 atom stereocenters. The predicted molar refractivity (Wildman–Crippen MR) is 120 cm³/mol. The molecule has 174 valence electrons. The van der Waals surface area contributed by atoms with Gasteiger partial charge in [-0.2, -0.15) is 9.40 Å². The van der Waals surface area contributed by atoms with Crippen LogP contribution in [0.4, 0.5) is 4.39 Å². The summed E-state index contributed by atoms with van der Waals surface area (Å²) >= 11 is 0. The molecular formula is C23H25FN4O4S. The molecule has 1 aliphatic heterocycles. The molecule has 1 fully saturated rings. The Morgan fingerprint density at radius 2 is 1.79 bits per heavy atom. The molecule has 1 aromatic heterocycles. The van der Waals surface area contributed by atoms with E-state index in [1.807, 2.05) is 6.92 Å². The number of nitrogens with one attached hydrogen (secondary N) is 1. The highest BCUT2D eigenvalue weighted by Crippen LogP contribution is 2.24. The Morgan fingerprint density at radius 3 is 2.48 bits per heavy atom. The summed E-state index contributed by atoms with van der Waals surface area (Å²) in [5.74, 6) is -0.834. The van der Waals surface area contributed by atoms with Gasteiger partial charge in [-0.05, 0) is 50.2 Å². The molecule has 0 spiro atoms. The third kappa shape index (κ3) is 4.68. The van der Waals surface area contributed by atoms with Gasteiger partial charge in [-0.15, -0.1) is 0 Å². The number of morpholine rings is 1. The topological polar surface area (TPSA) is 93.5 Å². The zero-order valence-electron chi connectivity index (χ0n) is 18.4.